The third-order valence-electron chi connectivity index (χ3n) is 4.48. The van der Waals surface area contributed by atoms with Gasteiger partial charge in [0.1, 0.15) is 11.9 Å². The van der Waals surface area contributed by atoms with Crippen molar-refractivity contribution < 1.29 is 14.1 Å². The van der Waals surface area contributed by atoms with Crippen molar-refractivity contribution in [3.63, 3.8) is 0 Å². The summed E-state index contributed by atoms with van der Waals surface area (Å²) in [6, 6.07) is 3.77. The second-order valence-corrected chi connectivity index (χ2v) is 6.57. The lowest BCUT2D eigenvalue weighted by Crippen LogP contribution is -2.32. The Morgan fingerprint density at radius 1 is 1.44 bits per heavy atom. The molecule has 1 aliphatic heterocycles. The molecule has 1 aliphatic rings. The van der Waals surface area contributed by atoms with Crippen molar-refractivity contribution in [2.45, 2.75) is 32.8 Å². The summed E-state index contributed by atoms with van der Waals surface area (Å²) in [6.45, 7) is 4.98. The average Bonchev–Trinajstić information content (AvgIpc) is 3.17. The van der Waals surface area contributed by atoms with E-state index in [2.05, 4.69) is 10.1 Å². The number of carbonyl (C=O) groups is 1. The number of nitrogens with zero attached hydrogens (tertiary/aromatic N) is 4. The summed E-state index contributed by atoms with van der Waals surface area (Å²) in [6.07, 6.45) is 2.87. The number of carbonyl (C=O) groups excluding carboxylic acids is 1. The summed E-state index contributed by atoms with van der Waals surface area (Å²) in [5, 5.41) is 3.91. The Kier molecular flexibility index (Phi) is 4.92. The number of rotatable bonds is 5. The average molecular weight is 344 g/mol. The summed E-state index contributed by atoms with van der Waals surface area (Å²) in [7, 11) is 3.87. The molecular formula is C18H24N4O3. The largest absolute Gasteiger partial charge is 0.485 e. The van der Waals surface area contributed by atoms with Gasteiger partial charge in [0.15, 0.2) is 11.6 Å². The van der Waals surface area contributed by atoms with Crippen LogP contribution in [0.5, 0.6) is 5.75 Å². The molecule has 0 aromatic carbocycles. The van der Waals surface area contributed by atoms with Gasteiger partial charge in [0.25, 0.3) is 0 Å². The molecule has 0 unspecified atom stereocenters. The molecule has 2 aromatic rings. The van der Waals surface area contributed by atoms with Crippen LogP contribution in [0.25, 0.3) is 0 Å². The van der Waals surface area contributed by atoms with Crippen molar-refractivity contribution in [2.24, 2.45) is 0 Å². The molecule has 0 saturated carbocycles. The number of ether oxygens (including phenoxy) is 1. The van der Waals surface area contributed by atoms with Gasteiger partial charge in [-0.25, -0.2) is 4.98 Å². The van der Waals surface area contributed by atoms with Crippen LogP contribution in [0.1, 0.15) is 23.4 Å². The second-order valence-electron chi connectivity index (χ2n) is 6.57. The van der Waals surface area contributed by atoms with E-state index in [-0.39, 0.29) is 12.0 Å². The Morgan fingerprint density at radius 2 is 2.24 bits per heavy atom. The minimum Gasteiger partial charge on any atom is -0.485 e. The van der Waals surface area contributed by atoms with Gasteiger partial charge in [-0.2, -0.15) is 0 Å². The van der Waals surface area contributed by atoms with Crippen LogP contribution in [0.4, 0.5) is 5.82 Å². The minimum absolute atomic E-state index is 0.0171. The summed E-state index contributed by atoms with van der Waals surface area (Å²) < 4.78 is 11.2. The number of anilines is 1. The quantitative estimate of drug-likeness (QED) is 0.826. The molecule has 7 heteroatoms. The maximum atomic E-state index is 12.6. The van der Waals surface area contributed by atoms with Crippen LogP contribution < -0.4 is 9.64 Å². The fourth-order valence-corrected chi connectivity index (χ4v) is 3.06. The van der Waals surface area contributed by atoms with Crippen molar-refractivity contribution in [3.8, 4) is 5.75 Å². The van der Waals surface area contributed by atoms with Crippen molar-refractivity contribution in [1.82, 2.24) is 15.0 Å². The second kappa shape index (κ2) is 7.13. The van der Waals surface area contributed by atoms with Gasteiger partial charge in [-0.05, 0) is 26.0 Å². The molecule has 0 bridgehead atoms. The monoisotopic (exact) mass is 344 g/mol. The van der Waals surface area contributed by atoms with Gasteiger partial charge >= 0.3 is 0 Å². The Hall–Kier alpha value is -2.57. The zero-order chi connectivity index (χ0) is 18.0. The number of aromatic nitrogens is 2. The number of hydrogen-bond donors (Lipinski definition) is 0. The lowest BCUT2D eigenvalue weighted by molar-refractivity contribution is -0.129. The van der Waals surface area contributed by atoms with E-state index < -0.39 is 0 Å². The standard InChI is InChI=1S/C18H24N4O3/c1-12-15(13(2)25-20-12)10-17(23)22-9-7-14(11-22)24-16-6-5-8-19-18(16)21(3)4/h5-6,8,14H,7,9-11H2,1-4H3/t14-/m0/s1. The highest BCUT2D eigenvalue weighted by Gasteiger charge is 2.29. The van der Waals surface area contributed by atoms with E-state index in [1.807, 2.05) is 49.9 Å². The molecule has 7 nitrogen and oxygen atoms in total. The molecule has 1 saturated heterocycles. The fourth-order valence-electron chi connectivity index (χ4n) is 3.06. The lowest BCUT2D eigenvalue weighted by atomic mass is 10.1. The molecule has 1 atom stereocenters. The molecular weight excluding hydrogens is 320 g/mol. The van der Waals surface area contributed by atoms with Crippen molar-refractivity contribution >= 4 is 11.7 Å². The van der Waals surface area contributed by atoms with Gasteiger partial charge in [0, 0.05) is 38.8 Å². The summed E-state index contributed by atoms with van der Waals surface area (Å²) >= 11 is 0. The SMILES string of the molecule is Cc1noc(C)c1CC(=O)N1CC[C@H](Oc2cccnc2N(C)C)C1. The van der Waals surface area contributed by atoms with E-state index in [0.29, 0.717) is 25.3 Å². The Labute approximate surface area is 147 Å². The predicted octanol–water partition coefficient (Wildman–Crippen LogP) is 1.97. The van der Waals surface area contributed by atoms with Crippen LogP contribution >= 0.6 is 0 Å². The van der Waals surface area contributed by atoms with Crippen LogP contribution in [0.3, 0.4) is 0 Å². The molecule has 0 spiro atoms. The Balaban J connectivity index is 1.61. The topological polar surface area (TPSA) is 71.7 Å². The van der Waals surface area contributed by atoms with Gasteiger partial charge in [-0.1, -0.05) is 5.16 Å². The van der Waals surface area contributed by atoms with Crippen LogP contribution in [0, 0.1) is 13.8 Å². The van der Waals surface area contributed by atoms with Gasteiger partial charge in [-0.3, -0.25) is 4.79 Å². The molecule has 2 aromatic heterocycles. The van der Waals surface area contributed by atoms with E-state index in [1.54, 1.807) is 6.20 Å². The maximum absolute atomic E-state index is 12.6. The highest BCUT2D eigenvalue weighted by Crippen LogP contribution is 2.27. The van der Waals surface area contributed by atoms with Crippen molar-refractivity contribution in [3.05, 3.63) is 35.3 Å². The van der Waals surface area contributed by atoms with E-state index in [0.717, 1.165) is 29.2 Å². The zero-order valence-electron chi connectivity index (χ0n) is 15.2. The lowest BCUT2D eigenvalue weighted by Gasteiger charge is -2.20. The number of likely N-dealkylation sites (tertiary alicyclic amines) is 1. The molecule has 0 radical (unpaired) electrons. The Morgan fingerprint density at radius 3 is 2.92 bits per heavy atom. The summed E-state index contributed by atoms with van der Waals surface area (Å²) in [4.78, 5) is 20.7. The van der Waals surface area contributed by atoms with Gasteiger partial charge in [-0.15, -0.1) is 0 Å². The summed E-state index contributed by atoms with van der Waals surface area (Å²) in [5.74, 6) is 2.34. The van der Waals surface area contributed by atoms with Crippen LogP contribution in [0.2, 0.25) is 0 Å². The van der Waals surface area contributed by atoms with E-state index in [9.17, 15) is 4.79 Å². The smallest absolute Gasteiger partial charge is 0.227 e. The Bertz CT molecular complexity index is 737. The molecule has 1 fully saturated rings. The first-order chi connectivity index (χ1) is 12.0. The van der Waals surface area contributed by atoms with Gasteiger partial charge in [0.2, 0.25) is 5.91 Å². The molecule has 3 heterocycles. The molecule has 3 rings (SSSR count). The normalized spacial score (nSPS) is 17.0. The minimum atomic E-state index is -0.0171. The highest BCUT2D eigenvalue weighted by molar-refractivity contribution is 5.79. The van der Waals surface area contributed by atoms with Crippen molar-refractivity contribution in [2.75, 3.05) is 32.1 Å². The van der Waals surface area contributed by atoms with E-state index in [4.69, 9.17) is 9.26 Å². The van der Waals surface area contributed by atoms with Crippen molar-refractivity contribution in [1.29, 1.82) is 0 Å². The predicted molar refractivity (Wildman–Crippen MR) is 93.9 cm³/mol. The van der Waals surface area contributed by atoms with Gasteiger partial charge < -0.3 is 19.1 Å². The van der Waals surface area contributed by atoms with Crippen LogP contribution in [-0.4, -0.2) is 54.2 Å². The third-order valence-corrected chi connectivity index (χ3v) is 4.48. The first-order valence-electron chi connectivity index (χ1n) is 8.44. The van der Waals surface area contributed by atoms with E-state index in [1.165, 1.54) is 0 Å². The number of pyridine rings is 1. The molecule has 0 N–H and O–H groups in total. The fraction of sp³-hybridized carbons (Fsp3) is 0.500. The van der Waals surface area contributed by atoms with E-state index >= 15 is 0 Å². The molecule has 134 valence electrons. The first kappa shape index (κ1) is 17.3. The highest BCUT2D eigenvalue weighted by atomic mass is 16.5. The number of aryl methyl sites for hydroxylation is 2. The number of amides is 1. The molecule has 1 amide bonds. The summed E-state index contributed by atoms with van der Waals surface area (Å²) in [5.41, 5.74) is 1.67. The first-order valence-corrected chi connectivity index (χ1v) is 8.44. The molecule has 25 heavy (non-hydrogen) atoms. The molecule has 0 aliphatic carbocycles. The van der Waals surface area contributed by atoms with Gasteiger partial charge in [0.05, 0.1) is 18.7 Å². The van der Waals surface area contributed by atoms with Crippen LogP contribution in [-0.2, 0) is 11.2 Å². The number of hydrogen-bond acceptors (Lipinski definition) is 6. The maximum Gasteiger partial charge on any atom is 0.227 e. The van der Waals surface area contributed by atoms with Crippen LogP contribution in [0.15, 0.2) is 22.9 Å². The zero-order valence-corrected chi connectivity index (χ0v) is 15.2. The third kappa shape index (κ3) is 3.75.